The van der Waals surface area contributed by atoms with Crippen LogP contribution in [0.25, 0.3) is 0 Å². The molecule has 0 unspecified atom stereocenters. The van der Waals surface area contributed by atoms with Gasteiger partial charge >= 0.3 is 5.97 Å². The Hall–Kier alpha value is 0.00688. The van der Waals surface area contributed by atoms with E-state index >= 15 is 0 Å². The highest BCUT2D eigenvalue weighted by Gasteiger charge is 2.31. The zero-order chi connectivity index (χ0) is 13.3. The van der Waals surface area contributed by atoms with Gasteiger partial charge in [-0.05, 0) is 19.4 Å². The third-order valence-electron chi connectivity index (χ3n) is 2.61. The lowest BCUT2D eigenvalue weighted by molar-refractivity contribution is -0.131. The molecule has 0 aliphatic heterocycles. The van der Waals surface area contributed by atoms with Crippen molar-refractivity contribution < 1.29 is 9.90 Å². The average molecular weight is 297 g/mol. The molecule has 0 aliphatic rings. The minimum absolute atomic E-state index is 0.217. The summed E-state index contributed by atoms with van der Waals surface area (Å²) in [6, 6.07) is 0. The fourth-order valence-electron chi connectivity index (χ4n) is 1.63. The number of halogens is 2. The van der Waals surface area contributed by atoms with Gasteiger partial charge in [0.25, 0.3) is 6.69 Å². The molecule has 1 N–H and O–H groups in total. The first kappa shape index (κ1) is 17.0. The lowest BCUT2D eigenvalue weighted by Gasteiger charge is -2.11. The molecule has 0 aromatic rings. The summed E-state index contributed by atoms with van der Waals surface area (Å²) in [6.45, 7) is 1.09. The van der Waals surface area contributed by atoms with Gasteiger partial charge in [-0.25, -0.2) is 4.79 Å². The van der Waals surface area contributed by atoms with E-state index in [0.717, 1.165) is 19.3 Å². The maximum Gasteiger partial charge on any atom is 0.329 e. The van der Waals surface area contributed by atoms with E-state index in [-0.39, 0.29) is 5.20 Å². The molecule has 100 valence electrons. The van der Waals surface area contributed by atoms with Crippen molar-refractivity contribution >= 4 is 34.8 Å². The smallest absolute Gasteiger partial charge is 0.329 e. The van der Waals surface area contributed by atoms with E-state index in [1.165, 1.54) is 25.7 Å². The van der Waals surface area contributed by atoms with Crippen molar-refractivity contribution in [2.75, 3.05) is 0 Å². The monoisotopic (exact) mass is 296 g/mol. The van der Waals surface area contributed by atoms with Crippen LogP contribution in [0.15, 0.2) is 11.3 Å². The number of carboxylic acid groups (broad SMARTS) is 1. The summed E-state index contributed by atoms with van der Waals surface area (Å²) in [5, 5.41) is 9.20. The van der Waals surface area contributed by atoms with Crippen LogP contribution in [0.5, 0.6) is 0 Å². The maximum absolute atomic E-state index is 10.9. The van der Waals surface area contributed by atoms with Gasteiger partial charge in [0.1, 0.15) is 0 Å². The lowest BCUT2D eigenvalue weighted by atomic mass is 10.1. The molecule has 0 saturated heterocycles. The van der Waals surface area contributed by atoms with E-state index in [1.807, 2.05) is 0 Å². The first-order valence-corrected chi connectivity index (χ1v) is 10.7. The highest BCUT2D eigenvalue weighted by molar-refractivity contribution is 7.49. The molecular formula is C12H22Cl2O2Si. The van der Waals surface area contributed by atoms with Crippen molar-refractivity contribution in [2.24, 2.45) is 0 Å². The number of hydrogen-bond donors (Lipinski definition) is 1. The molecule has 17 heavy (non-hydrogen) atoms. The summed E-state index contributed by atoms with van der Waals surface area (Å²) in [5.41, 5.74) is 0. The first-order chi connectivity index (χ1) is 7.89. The SMILES string of the molecule is CCCCCCCCC=C(C(=O)O)[Si](C)(Cl)Cl. The number of carboxylic acids is 1. The first-order valence-electron chi connectivity index (χ1n) is 6.21. The number of unbranched alkanes of at least 4 members (excludes halogenated alkanes) is 6. The third-order valence-corrected chi connectivity index (χ3v) is 5.19. The van der Waals surface area contributed by atoms with Crippen LogP contribution in [0.1, 0.15) is 51.9 Å². The van der Waals surface area contributed by atoms with E-state index in [1.54, 1.807) is 12.6 Å². The van der Waals surface area contributed by atoms with Gasteiger partial charge in [0.15, 0.2) is 0 Å². The van der Waals surface area contributed by atoms with Crippen LogP contribution in [0.3, 0.4) is 0 Å². The van der Waals surface area contributed by atoms with E-state index in [0.29, 0.717) is 0 Å². The summed E-state index contributed by atoms with van der Waals surface area (Å²) in [7, 11) is 0. The van der Waals surface area contributed by atoms with Crippen molar-refractivity contribution in [2.45, 2.75) is 58.4 Å². The largest absolute Gasteiger partial charge is 0.478 e. The van der Waals surface area contributed by atoms with E-state index in [4.69, 9.17) is 27.3 Å². The fraction of sp³-hybridized carbons (Fsp3) is 0.750. The Morgan fingerprint density at radius 2 is 1.71 bits per heavy atom. The molecule has 0 fully saturated rings. The Labute approximate surface area is 114 Å². The highest BCUT2D eigenvalue weighted by atomic mass is 35.7. The molecule has 0 radical (unpaired) electrons. The molecule has 0 aromatic heterocycles. The normalized spacial score (nSPS) is 12.8. The number of carbonyl (C=O) groups is 1. The van der Waals surface area contributed by atoms with E-state index in [9.17, 15) is 4.79 Å². The molecule has 0 bridgehead atoms. The Bertz CT molecular complexity index is 260. The van der Waals surface area contributed by atoms with Crippen LogP contribution in [0, 0.1) is 0 Å². The molecule has 0 spiro atoms. The summed E-state index contributed by atoms with van der Waals surface area (Å²) < 4.78 is 0. The van der Waals surface area contributed by atoms with Crippen molar-refractivity contribution in [1.29, 1.82) is 0 Å². The lowest BCUT2D eigenvalue weighted by Crippen LogP contribution is -2.24. The van der Waals surface area contributed by atoms with Crippen LogP contribution in [0.4, 0.5) is 0 Å². The molecule has 0 heterocycles. The highest BCUT2D eigenvalue weighted by Crippen LogP contribution is 2.25. The van der Waals surface area contributed by atoms with Gasteiger partial charge in [-0.1, -0.05) is 45.1 Å². The quantitative estimate of drug-likeness (QED) is 0.286. The van der Waals surface area contributed by atoms with Gasteiger partial charge in [-0.15, -0.1) is 22.2 Å². The Morgan fingerprint density at radius 1 is 1.18 bits per heavy atom. The summed E-state index contributed by atoms with van der Waals surface area (Å²) in [5.74, 6) is -0.977. The topological polar surface area (TPSA) is 37.3 Å². The second kappa shape index (κ2) is 9.01. The molecule has 0 amide bonds. The third kappa shape index (κ3) is 8.69. The molecule has 0 aliphatic carbocycles. The summed E-state index contributed by atoms with van der Waals surface area (Å²) >= 11 is 11.9. The average Bonchev–Trinajstić information content (AvgIpc) is 2.19. The van der Waals surface area contributed by atoms with Gasteiger partial charge in [0, 0.05) is 0 Å². The molecule has 5 heteroatoms. The zero-order valence-electron chi connectivity index (χ0n) is 10.6. The fourth-order valence-corrected chi connectivity index (χ4v) is 3.45. The van der Waals surface area contributed by atoms with Gasteiger partial charge in [0.2, 0.25) is 0 Å². The van der Waals surface area contributed by atoms with Crippen LogP contribution in [-0.4, -0.2) is 17.8 Å². The Balaban J connectivity index is 3.91. The molecular weight excluding hydrogens is 275 g/mol. The molecule has 0 atom stereocenters. The predicted molar refractivity (Wildman–Crippen MR) is 77.0 cm³/mol. The molecule has 0 rings (SSSR count). The van der Waals surface area contributed by atoms with Gasteiger partial charge in [0.05, 0.1) is 5.20 Å². The van der Waals surface area contributed by atoms with Crippen LogP contribution in [0.2, 0.25) is 6.55 Å². The molecule has 0 aromatic carbocycles. The number of aliphatic carboxylic acids is 1. The van der Waals surface area contributed by atoms with E-state index < -0.39 is 12.7 Å². The zero-order valence-corrected chi connectivity index (χ0v) is 13.2. The van der Waals surface area contributed by atoms with E-state index in [2.05, 4.69) is 6.92 Å². The standard InChI is InChI=1S/C12H22Cl2O2Si/c1-3-4-5-6-7-8-9-10-11(12(15)16)17(2,13)14/h10H,3-9H2,1-2H3,(H,15,16). The van der Waals surface area contributed by atoms with Crippen LogP contribution < -0.4 is 0 Å². The summed E-state index contributed by atoms with van der Waals surface area (Å²) in [4.78, 5) is 10.9. The molecule has 2 nitrogen and oxygen atoms in total. The van der Waals surface area contributed by atoms with Gasteiger partial charge in [-0.2, -0.15) is 0 Å². The predicted octanol–water partition coefficient (Wildman–Crippen LogP) is 4.84. The Kier molecular flexibility index (Phi) is 9.01. The second-order valence-electron chi connectivity index (χ2n) is 4.37. The number of rotatable bonds is 9. The number of allylic oxidation sites excluding steroid dienone is 1. The second-order valence-corrected chi connectivity index (χ2v) is 11.8. The van der Waals surface area contributed by atoms with Crippen LogP contribution >= 0.6 is 22.2 Å². The van der Waals surface area contributed by atoms with Crippen molar-refractivity contribution in [3.05, 3.63) is 11.3 Å². The van der Waals surface area contributed by atoms with Gasteiger partial charge in [-0.3, -0.25) is 0 Å². The van der Waals surface area contributed by atoms with Crippen molar-refractivity contribution in [1.82, 2.24) is 0 Å². The number of hydrogen-bond acceptors (Lipinski definition) is 1. The van der Waals surface area contributed by atoms with Crippen LogP contribution in [-0.2, 0) is 4.79 Å². The molecule has 0 saturated carbocycles. The minimum Gasteiger partial charge on any atom is -0.478 e. The maximum atomic E-state index is 10.9. The Morgan fingerprint density at radius 3 is 2.18 bits per heavy atom. The minimum atomic E-state index is -2.72. The van der Waals surface area contributed by atoms with Crippen molar-refractivity contribution in [3.63, 3.8) is 0 Å². The summed E-state index contributed by atoms with van der Waals surface area (Å²) in [6.07, 6.45) is 9.63. The van der Waals surface area contributed by atoms with Crippen molar-refractivity contribution in [3.8, 4) is 0 Å². The van der Waals surface area contributed by atoms with Gasteiger partial charge < -0.3 is 5.11 Å².